The zero-order chi connectivity index (χ0) is 21.6. The summed E-state index contributed by atoms with van der Waals surface area (Å²) in [5, 5.41) is 7.27. The van der Waals surface area contributed by atoms with E-state index < -0.39 is 0 Å². The number of aryl methyl sites for hydroxylation is 4. The number of nitrogens with one attached hydrogen (secondary N) is 1. The highest BCUT2D eigenvalue weighted by Gasteiger charge is 2.19. The lowest BCUT2D eigenvalue weighted by Gasteiger charge is -2.11. The molecule has 0 aliphatic rings. The summed E-state index contributed by atoms with van der Waals surface area (Å²) in [4.78, 5) is 28.7. The number of carbonyl (C=O) groups excluding carboxylic acids is 2. The van der Waals surface area contributed by atoms with Crippen LogP contribution in [0.15, 0.2) is 18.2 Å². The van der Waals surface area contributed by atoms with Gasteiger partial charge in [-0.1, -0.05) is 13.8 Å². The molecule has 3 aromatic rings. The number of anilines is 1. The average Bonchev–Trinajstić information content (AvgIpc) is 3.29. The standard InChI is InChI=1S/C20H25N5O2.CH5N/c1-5-8-24-18-15(6-2)10-14(12-26)11-16(18)21-20(24)22-19(27)17-9-13(4)23-25(17)7-3;1-2/h9-12H,5-8H2,1-4H3,(H,21,22,27);2H2,1H3. The molecule has 0 spiro atoms. The summed E-state index contributed by atoms with van der Waals surface area (Å²) in [6, 6.07) is 5.43. The van der Waals surface area contributed by atoms with Crippen molar-refractivity contribution in [3.63, 3.8) is 0 Å². The Bertz CT molecular complexity index is 1000. The number of hydrogen-bond acceptors (Lipinski definition) is 5. The van der Waals surface area contributed by atoms with Crippen molar-refractivity contribution in [2.45, 2.75) is 53.6 Å². The third kappa shape index (κ3) is 4.54. The number of fused-ring (bicyclic) bond motifs is 1. The van der Waals surface area contributed by atoms with Gasteiger partial charge in [-0.25, -0.2) is 4.98 Å². The number of imidazole rings is 1. The Morgan fingerprint density at radius 2 is 1.93 bits per heavy atom. The number of nitrogens with two attached hydrogens (primary N) is 1. The molecule has 8 nitrogen and oxygen atoms in total. The molecule has 0 atom stereocenters. The van der Waals surface area contributed by atoms with Crippen LogP contribution in [0.2, 0.25) is 0 Å². The number of aldehydes is 1. The van der Waals surface area contributed by atoms with Gasteiger partial charge in [-0.3, -0.25) is 19.6 Å². The maximum Gasteiger partial charge on any atom is 0.276 e. The van der Waals surface area contributed by atoms with Crippen molar-refractivity contribution in [1.82, 2.24) is 19.3 Å². The molecule has 3 N–H and O–H groups in total. The molecular formula is C21H30N6O2. The third-order valence-corrected chi connectivity index (χ3v) is 4.57. The number of carbonyl (C=O) groups is 2. The molecule has 29 heavy (non-hydrogen) atoms. The Balaban J connectivity index is 0.00000145. The van der Waals surface area contributed by atoms with E-state index in [0.717, 1.165) is 48.0 Å². The molecule has 156 valence electrons. The first-order chi connectivity index (χ1) is 14.0. The molecule has 2 aromatic heterocycles. The molecule has 0 saturated heterocycles. The SMILES string of the molecule is CCCn1c(NC(=O)c2cc(C)nn2CC)nc2cc(C=O)cc(CC)c21.CN. The van der Waals surface area contributed by atoms with Crippen molar-refractivity contribution >= 4 is 29.2 Å². The van der Waals surface area contributed by atoms with Crippen LogP contribution in [0.5, 0.6) is 0 Å². The van der Waals surface area contributed by atoms with Gasteiger partial charge in [0.25, 0.3) is 5.91 Å². The predicted molar refractivity (Wildman–Crippen MR) is 115 cm³/mol. The first-order valence-electron chi connectivity index (χ1n) is 9.94. The first-order valence-corrected chi connectivity index (χ1v) is 9.94. The van der Waals surface area contributed by atoms with E-state index in [1.54, 1.807) is 16.8 Å². The Kier molecular flexibility index (Phi) is 7.67. The lowest BCUT2D eigenvalue weighted by atomic mass is 10.1. The molecule has 0 aliphatic carbocycles. The van der Waals surface area contributed by atoms with Crippen molar-refractivity contribution < 1.29 is 9.59 Å². The molecule has 1 amide bonds. The molecule has 0 bridgehead atoms. The lowest BCUT2D eigenvalue weighted by molar-refractivity contribution is 0.101. The van der Waals surface area contributed by atoms with Gasteiger partial charge in [-0.15, -0.1) is 0 Å². The molecular weight excluding hydrogens is 368 g/mol. The normalized spacial score (nSPS) is 10.6. The van der Waals surface area contributed by atoms with E-state index in [1.165, 1.54) is 7.05 Å². The van der Waals surface area contributed by atoms with E-state index >= 15 is 0 Å². The van der Waals surface area contributed by atoms with Gasteiger partial charge >= 0.3 is 0 Å². The van der Waals surface area contributed by atoms with E-state index in [9.17, 15) is 9.59 Å². The summed E-state index contributed by atoms with van der Waals surface area (Å²) >= 11 is 0. The number of rotatable bonds is 7. The Morgan fingerprint density at radius 3 is 2.52 bits per heavy atom. The molecule has 0 unspecified atom stereocenters. The average molecular weight is 399 g/mol. The number of hydrogen-bond donors (Lipinski definition) is 2. The van der Waals surface area contributed by atoms with Gasteiger partial charge in [-0.2, -0.15) is 5.10 Å². The van der Waals surface area contributed by atoms with E-state index in [4.69, 9.17) is 0 Å². The topological polar surface area (TPSA) is 108 Å². The minimum Gasteiger partial charge on any atom is -0.333 e. The van der Waals surface area contributed by atoms with Gasteiger partial charge in [0.15, 0.2) is 0 Å². The highest BCUT2D eigenvalue weighted by Crippen LogP contribution is 2.26. The van der Waals surface area contributed by atoms with Crippen LogP contribution in [0.3, 0.4) is 0 Å². The number of nitrogens with zero attached hydrogens (tertiary/aromatic N) is 4. The van der Waals surface area contributed by atoms with Crippen LogP contribution in [0, 0.1) is 6.92 Å². The fourth-order valence-corrected chi connectivity index (χ4v) is 3.39. The van der Waals surface area contributed by atoms with Crippen LogP contribution >= 0.6 is 0 Å². The number of aromatic nitrogens is 4. The molecule has 0 radical (unpaired) electrons. The summed E-state index contributed by atoms with van der Waals surface area (Å²) in [7, 11) is 1.50. The van der Waals surface area contributed by atoms with Gasteiger partial charge in [0.1, 0.15) is 12.0 Å². The summed E-state index contributed by atoms with van der Waals surface area (Å²) in [6.45, 7) is 9.29. The number of benzene rings is 1. The first kappa shape index (κ1) is 22.3. The maximum absolute atomic E-state index is 12.8. The quantitative estimate of drug-likeness (QED) is 0.594. The molecule has 0 fully saturated rings. The Hall–Kier alpha value is -3.00. The van der Waals surface area contributed by atoms with Crippen LogP contribution in [0.25, 0.3) is 11.0 Å². The van der Waals surface area contributed by atoms with Crippen molar-refractivity contribution in [3.8, 4) is 0 Å². The minimum absolute atomic E-state index is 0.237. The molecule has 1 aromatic carbocycles. The van der Waals surface area contributed by atoms with Gasteiger partial charge in [0, 0.05) is 18.7 Å². The van der Waals surface area contributed by atoms with Crippen molar-refractivity contribution in [1.29, 1.82) is 0 Å². The highest BCUT2D eigenvalue weighted by atomic mass is 16.2. The minimum atomic E-state index is -0.237. The van der Waals surface area contributed by atoms with Crippen LogP contribution in [0.4, 0.5) is 5.95 Å². The van der Waals surface area contributed by atoms with Gasteiger partial charge in [0.2, 0.25) is 5.95 Å². The summed E-state index contributed by atoms with van der Waals surface area (Å²) in [5.41, 5.74) is 9.15. The second-order valence-electron chi connectivity index (χ2n) is 6.55. The molecule has 0 saturated carbocycles. The van der Waals surface area contributed by atoms with Crippen molar-refractivity contribution in [2.24, 2.45) is 5.73 Å². The smallest absolute Gasteiger partial charge is 0.276 e. The predicted octanol–water partition coefficient (Wildman–Crippen LogP) is 3.17. The van der Waals surface area contributed by atoms with Gasteiger partial charge in [-0.05, 0) is 57.5 Å². The highest BCUT2D eigenvalue weighted by molar-refractivity contribution is 6.03. The Labute approximate surface area is 171 Å². The zero-order valence-corrected chi connectivity index (χ0v) is 17.8. The summed E-state index contributed by atoms with van der Waals surface area (Å²) in [5.74, 6) is 0.259. The monoisotopic (exact) mass is 398 g/mol. The van der Waals surface area contributed by atoms with Crippen LogP contribution in [-0.2, 0) is 19.5 Å². The van der Waals surface area contributed by atoms with Crippen LogP contribution in [-0.4, -0.2) is 38.6 Å². The van der Waals surface area contributed by atoms with E-state index in [2.05, 4.69) is 28.1 Å². The van der Waals surface area contributed by atoms with Gasteiger partial charge in [0.05, 0.1) is 16.7 Å². The maximum atomic E-state index is 12.8. The number of amides is 1. The summed E-state index contributed by atoms with van der Waals surface area (Å²) in [6.07, 6.45) is 2.51. The summed E-state index contributed by atoms with van der Waals surface area (Å²) < 4.78 is 3.71. The molecule has 8 heteroatoms. The lowest BCUT2D eigenvalue weighted by Crippen LogP contribution is -2.20. The third-order valence-electron chi connectivity index (χ3n) is 4.57. The van der Waals surface area contributed by atoms with E-state index in [1.807, 2.05) is 31.4 Å². The van der Waals surface area contributed by atoms with E-state index in [0.29, 0.717) is 23.8 Å². The molecule has 0 aliphatic heterocycles. The zero-order valence-electron chi connectivity index (χ0n) is 17.8. The fraction of sp³-hybridized carbons (Fsp3) is 0.429. The Morgan fingerprint density at radius 1 is 1.21 bits per heavy atom. The fourth-order valence-electron chi connectivity index (χ4n) is 3.39. The van der Waals surface area contributed by atoms with Crippen LogP contribution in [0.1, 0.15) is 59.3 Å². The second-order valence-corrected chi connectivity index (χ2v) is 6.55. The van der Waals surface area contributed by atoms with Gasteiger partial charge < -0.3 is 10.3 Å². The van der Waals surface area contributed by atoms with Crippen LogP contribution < -0.4 is 11.1 Å². The largest absolute Gasteiger partial charge is 0.333 e. The van der Waals surface area contributed by atoms with E-state index in [-0.39, 0.29) is 5.91 Å². The molecule has 3 rings (SSSR count). The van der Waals surface area contributed by atoms with Crippen molar-refractivity contribution in [3.05, 3.63) is 40.7 Å². The van der Waals surface area contributed by atoms with Crippen molar-refractivity contribution in [2.75, 3.05) is 12.4 Å². The second kappa shape index (κ2) is 9.97. The molecule has 2 heterocycles.